The maximum Gasteiger partial charge on any atom is 0.248 e. The summed E-state index contributed by atoms with van der Waals surface area (Å²) >= 11 is 0. The second-order valence-electron chi connectivity index (χ2n) is 8.58. The quantitative estimate of drug-likeness (QED) is 0.608. The number of anilines is 2. The molecular weight excluding hydrogens is 470 g/mol. The number of benzene rings is 2. The van der Waals surface area contributed by atoms with Gasteiger partial charge < -0.3 is 24.4 Å². The first-order chi connectivity index (χ1) is 17.0. The Balaban J connectivity index is 1.39. The van der Waals surface area contributed by atoms with Gasteiger partial charge in [-0.25, -0.2) is 8.42 Å². The number of morpholine rings is 2. The van der Waals surface area contributed by atoms with Gasteiger partial charge in [-0.15, -0.1) is 0 Å². The van der Waals surface area contributed by atoms with Crippen molar-refractivity contribution in [1.82, 2.24) is 4.31 Å². The van der Waals surface area contributed by atoms with Crippen molar-refractivity contribution in [2.75, 3.05) is 69.4 Å². The summed E-state index contributed by atoms with van der Waals surface area (Å²) in [7, 11) is -3.70. The van der Waals surface area contributed by atoms with Crippen molar-refractivity contribution < 1.29 is 27.4 Å². The highest BCUT2D eigenvalue weighted by atomic mass is 32.2. The molecule has 0 aliphatic carbocycles. The molecule has 9 nitrogen and oxygen atoms in total. The van der Waals surface area contributed by atoms with E-state index in [1.165, 1.54) is 10.4 Å². The van der Waals surface area contributed by atoms with E-state index in [2.05, 4.69) is 10.2 Å². The Labute approximate surface area is 205 Å². The van der Waals surface area contributed by atoms with E-state index in [0.29, 0.717) is 64.9 Å². The lowest BCUT2D eigenvalue weighted by Crippen LogP contribution is -2.40. The fourth-order valence-corrected chi connectivity index (χ4v) is 5.88. The van der Waals surface area contributed by atoms with Crippen LogP contribution in [0.4, 0.5) is 11.4 Å². The number of rotatable bonds is 6. The molecule has 0 aromatic heterocycles. The molecule has 2 saturated heterocycles. The average Bonchev–Trinajstić information content (AvgIpc) is 3.36. The molecule has 2 aromatic rings. The number of hydrogen-bond donors (Lipinski definition) is 1. The van der Waals surface area contributed by atoms with Crippen molar-refractivity contribution in [2.24, 2.45) is 0 Å². The van der Waals surface area contributed by atoms with Crippen LogP contribution in [0.2, 0.25) is 0 Å². The van der Waals surface area contributed by atoms with Crippen LogP contribution in [0.5, 0.6) is 5.75 Å². The largest absolute Gasteiger partial charge is 0.493 e. The highest BCUT2D eigenvalue weighted by Crippen LogP contribution is 2.31. The number of fused-ring (bicyclic) bond motifs is 1. The Kier molecular flexibility index (Phi) is 7.05. The summed E-state index contributed by atoms with van der Waals surface area (Å²) in [6.07, 6.45) is 4.07. The van der Waals surface area contributed by atoms with Crippen LogP contribution < -0.4 is 15.0 Å². The Bertz CT molecular complexity index is 1220. The smallest absolute Gasteiger partial charge is 0.248 e. The predicted octanol–water partition coefficient (Wildman–Crippen LogP) is 2.13. The molecule has 1 N–H and O–H groups in total. The van der Waals surface area contributed by atoms with E-state index in [-0.39, 0.29) is 10.8 Å². The SMILES string of the molecule is O=C(/C=C/c1ccc2c(c1)CCO2)Nc1cc(S(=O)(=O)N2CCOCC2)ccc1N1CCOCC1. The topological polar surface area (TPSA) is 97.4 Å². The molecular formula is C25H29N3O6S. The van der Waals surface area contributed by atoms with Gasteiger partial charge in [0.05, 0.1) is 49.3 Å². The predicted molar refractivity (Wildman–Crippen MR) is 132 cm³/mol. The molecule has 3 heterocycles. The number of hydrogen-bond acceptors (Lipinski definition) is 7. The van der Waals surface area contributed by atoms with Crippen molar-refractivity contribution in [3.8, 4) is 5.75 Å². The molecule has 3 aliphatic heterocycles. The van der Waals surface area contributed by atoms with Gasteiger partial charge in [0.25, 0.3) is 0 Å². The van der Waals surface area contributed by atoms with Crippen molar-refractivity contribution in [3.05, 3.63) is 53.6 Å². The second kappa shape index (κ2) is 10.4. The van der Waals surface area contributed by atoms with Gasteiger partial charge in [-0.1, -0.05) is 6.07 Å². The first-order valence-electron chi connectivity index (χ1n) is 11.8. The van der Waals surface area contributed by atoms with Crippen molar-refractivity contribution in [3.63, 3.8) is 0 Å². The minimum atomic E-state index is -3.70. The van der Waals surface area contributed by atoms with Crippen LogP contribution in [-0.4, -0.2) is 77.8 Å². The van der Waals surface area contributed by atoms with Crippen LogP contribution in [0, 0.1) is 0 Å². The van der Waals surface area contributed by atoms with Crippen LogP contribution in [-0.2, 0) is 30.7 Å². The monoisotopic (exact) mass is 499 g/mol. The van der Waals surface area contributed by atoms with Gasteiger partial charge in [0.1, 0.15) is 5.75 Å². The van der Waals surface area contributed by atoms with Gasteiger partial charge in [-0.2, -0.15) is 4.31 Å². The van der Waals surface area contributed by atoms with Crippen LogP contribution >= 0.6 is 0 Å². The van der Waals surface area contributed by atoms with Crippen LogP contribution in [0.1, 0.15) is 11.1 Å². The molecule has 2 fully saturated rings. The molecule has 0 atom stereocenters. The first-order valence-corrected chi connectivity index (χ1v) is 13.2. The third-order valence-corrected chi connectivity index (χ3v) is 8.22. The van der Waals surface area contributed by atoms with Crippen LogP contribution in [0.15, 0.2) is 47.4 Å². The fraction of sp³-hybridized carbons (Fsp3) is 0.400. The van der Waals surface area contributed by atoms with Crippen LogP contribution in [0.3, 0.4) is 0 Å². The second-order valence-corrected chi connectivity index (χ2v) is 10.5. The van der Waals surface area contributed by atoms with Crippen molar-refractivity contribution in [1.29, 1.82) is 0 Å². The van der Waals surface area contributed by atoms with E-state index in [0.717, 1.165) is 29.0 Å². The lowest BCUT2D eigenvalue weighted by Gasteiger charge is -2.31. The minimum absolute atomic E-state index is 0.148. The summed E-state index contributed by atoms with van der Waals surface area (Å²) in [4.78, 5) is 15.1. The van der Waals surface area contributed by atoms with Gasteiger partial charge in [0.2, 0.25) is 15.9 Å². The van der Waals surface area contributed by atoms with E-state index < -0.39 is 10.0 Å². The Morgan fingerprint density at radius 2 is 1.66 bits per heavy atom. The molecule has 0 unspecified atom stereocenters. The van der Waals surface area contributed by atoms with E-state index in [1.807, 2.05) is 18.2 Å². The molecule has 0 radical (unpaired) electrons. The minimum Gasteiger partial charge on any atom is -0.493 e. The zero-order chi connectivity index (χ0) is 24.3. The molecule has 0 bridgehead atoms. The van der Waals surface area contributed by atoms with E-state index in [9.17, 15) is 13.2 Å². The van der Waals surface area contributed by atoms with Gasteiger partial charge in [0.15, 0.2) is 0 Å². The molecule has 10 heteroatoms. The summed E-state index contributed by atoms with van der Waals surface area (Å²) in [6.45, 7) is 4.50. The third-order valence-electron chi connectivity index (χ3n) is 6.33. The molecule has 3 aliphatic rings. The fourth-order valence-electron chi connectivity index (χ4n) is 4.45. The third kappa shape index (κ3) is 5.35. The van der Waals surface area contributed by atoms with Gasteiger partial charge in [0, 0.05) is 38.7 Å². The molecule has 0 spiro atoms. The lowest BCUT2D eigenvalue weighted by atomic mass is 10.1. The summed E-state index contributed by atoms with van der Waals surface area (Å²) in [5.41, 5.74) is 3.26. The van der Waals surface area contributed by atoms with Crippen molar-refractivity contribution >= 4 is 33.4 Å². The summed E-state index contributed by atoms with van der Waals surface area (Å²) in [5.74, 6) is 0.553. The summed E-state index contributed by atoms with van der Waals surface area (Å²) < 4.78 is 44.1. The molecule has 1 amide bonds. The normalized spacial score (nSPS) is 18.9. The number of ether oxygens (including phenoxy) is 3. The lowest BCUT2D eigenvalue weighted by molar-refractivity contribution is -0.111. The maximum absolute atomic E-state index is 13.2. The number of sulfonamides is 1. The number of carbonyl (C=O) groups excluding carboxylic acids is 1. The van der Waals surface area contributed by atoms with Gasteiger partial charge >= 0.3 is 0 Å². The Morgan fingerprint density at radius 3 is 2.43 bits per heavy atom. The van der Waals surface area contributed by atoms with E-state index in [4.69, 9.17) is 14.2 Å². The Hall–Kier alpha value is -2.92. The van der Waals surface area contributed by atoms with E-state index >= 15 is 0 Å². The number of amides is 1. The molecule has 35 heavy (non-hydrogen) atoms. The van der Waals surface area contributed by atoms with Gasteiger partial charge in [-0.05, 0) is 47.5 Å². The summed E-state index contributed by atoms with van der Waals surface area (Å²) in [5, 5.41) is 2.91. The molecule has 2 aromatic carbocycles. The Morgan fingerprint density at radius 1 is 0.914 bits per heavy atom. The summed E-state index contributed by atoms with van der Waals surface area (Å²) in [6, 6.07) is 10.8. The molecule has 5 rings (SSSR count). The number of nitrogens with zero attached hydrogens (tertiary/aromatic N) is 2. The first kappa shape index (κ1) is 23.8. The van der Waals surface area contributed by atoms with Gasteiger partial charge in [-0.3, -0.25) is 4.79 Å². The van der Waals surface area contributed by atoms with E-state index in [1.54, 1.807) is 24.3 Å². The molecule has 0 saturated carbocycles. The number of carbonyl (C=O) groups is 1. The van der Waals surface area contributed by atoms with Crippen LogP contribution in [0.25, 0.3) is 6.08 Å². The molecule has 186 valence electrons. The highest BCUT2D eigenvalue weighted by molar-refractivity contribution is 7.89. The average molecular weight is 500 g/mol. The number of nitrogens with one attached hydrogen (secondary N) is 1. The standard InChI is InChI=1S/C25H29N3O6S/c29-25(6-2-19-1-5-24-20(17-19)7-12-34-24)26-22-18-21(35(30,31)28-10-15-33-16-11-28)3-4-23(22)27-8-13-32-14-9-27/h1-6,17-18H,7-16H2,(H,26,29)/b6-2+. The zero-order valence-corrected chi connectivity index (χ0v) is 20.3. The van der Waals surface area contributed by atoms with Crippen molar-refractivity contribution in [2.45, 2.75) is 11.3 Å². The highest BCUT2D eigenvalue weighted by Gasteiger charge is 2.28. The maximum atomic E-state index is 13.2. The zero-order valence-electron chi connectivity index (χ0n) is 19.4.